The van der Waals surface area contributed by atoms with E-state index in [0.29, 0.717) is 43.9 Å². The number of carbonyl (C=O) groups excluding carboxylic acids is 2. The Labute approximate surface area is 240 Å². The number of likely N-dealkylation sites (tertiary alicyclic amines) is 2. The number of benzene rings is 3. The summed E-state index contributed by atoms with van der Waals surface area (Å²) in [6.45, 7) is 1.88. The number of para-hydroxylation sites is 1. The van der Waals surface area contributed by atoms with Gasteiger partial charge in [0.1, 0.15) is 0 Å². The van der Waals surface area contributed by atoms with Crippen LogP contribution in [0.25, 0.3) is 10.8 Å². The molecular formula is C30H35ClN4O4S. The number of hydrogen-bond acceptors (Lipinski definition) is 5. The van der Waals surface area contributed by atoms with Crippen LogP contribution in [0.1, 0.15) is 38.5 Å². The molecule has 0 aliphatic carbocycles. The summed E-state index contributed by atoms with van der Waals surface area (Å²) in [5.74, 6) is -0.140. The molecule has 2 aliphatic heterocycles. The molecule has 0 unspecified atom stereocenters. The maximum atomic E-state index is 13.2. The van der Waals surface area contributed by atoms with Crippen molar-refractivity contribution in [3.8, 4) is 0 Å². The first kappa shape index (κ1) is 28.4. The minimum atomic E-state index is -3.76. The lowest BCUT2D eigenvalue weighted by Gasteiger charge is -2.31. The molecule has 2 saturated heterocycles. The fourth-order valence-corrected chi connectivity index (χ4v) is 7.13. The third kappa shape index (κ3) is 6.95. The zero-order chi connectivity index (χ0) is 28.1. The number of rotatable bonds is 8. The van der Waals surface area contributed by atoms with Gasteiger partial charge in [-0.2, -0.15) is 0 Å². The predicted octanol–water partition coefficient (Wildman–Crippen LogP) is 4.65. The number of hydrogen-bond donors (Lipinski definition) is 2. The molecule has 0 saturated carbocycles. The lowest BCUT2D eigenvalue weighted by molar-refractivity contribution is -0.141. The fraction of sp³-hybridized carbons (Fsp3) is 0.400. The van der Waals surface area contributed by atoms with Crippen LogP contribution in [0, 0.1) is 0 Å². The van der Waals surface area contributed by atoms with Crippen molar-refractivity contribution in [2.75, 3.05) is 31.5 Å². The minimum absolute atomic E-state index is 0.0267. The van der Waals surface area contributed by atoms with Crippen LogP contribution in [0.15, 0.2) is 71.6 Å². The van der Waals surface area contributed by atoms with Gasteiger partial charge < -0.3 is 15.1 Å². The van der Waals surface area contributed by atoms with E-state index in [9.17, 15) is 18.0 Å². The zero-order valence-electron chi connectivity index (χ0n) is 22.4. The number of fused-ring (bicyclic) bond motifs is 1. The molecule has 40 heavy (non-hydrogen) atoms. The van der Waals surface area contributed by atoms with Crippen LogP contribution in [-0.4, -0.2) is 68.3 Å². The Kier molecular flexibility index (Phi) is 8.93. The summed E-state index contributed by atoms with van der Waals surface area (Å²) in [5, 5.41) is 5.66. The van der Waals surface area contributed by atoms with E-state index in [4.69, 9.17) is 11.6 Å². The Morgan fingerprint density at radius 1 is 0.925 bits per heavy atom. The maximum Gasteiger partial charge on any atom is 0.242 e. The third-order valence-electron chi connectivity index (χ3n) is 7.79. The van der Waals surface area contributed by atoms with E-state index in [0.717, 1.165) is 29.3 Å². The highest BCUT2D eigenvalue weighted by molar-refractivity contribution is 7.89. The normalized spacial score (nSPS) is 20.4. The van der Waals surface area contributed by atoms with E-state index in [1.807, 2.05) is 35.2 Å². The van der Waals surface area contributed by atoms with E-state index in [-0.39, 0.29) is 41.8 Å². The van der Waals surface area contributed by atoms with Crippen molar-refractivity contribution in [3.05, 3.63) is 71.8 Å². The average molecular weight is 583 g/mol. The van der Waals surface area contributed by atoms with Crippen LogP contribution < -0.4 is 10.0 Å². The fourth-order valence-electron chi connectivity index (χ4n) is 5.61. The Morgan fingerprint density at radius 2 is 1.68 bits per heavy atom. The zero-order valence-corrected chi connectivity index (χ0v) is 24.0. The van der Waals surface area contributed by atoms with Crippen molar-refractivity contribution < 1.29 is 18.0 Å². The molecule has 2 heterocycles. The summed E-state index contributed by atoms with van der Waals surface area (Å²) in [6.07, 6.45) is 3.67. The molecule has 10 heteroatoms. The van der Waals surface area contributed by atoms with Crippen molar-refractivity contribution in [2.45, 2.75) is 55.5 Å². The second-order valence-electron chi connectivity index (χ2n) is 10.6. The van der Waals surface area contributed by atoms with Crippen molar-refractivity contribution >= 4 is 49.9 Å². The van der Waals surface area contributed by atoms with Crippen LogP contribution in [0.2, 0.25) is 5.02 Å². The topological polar surface area (TPSA) is 98.8 Å². The maximum absolute atomic E-state index is 13.2. The van der Waals surface area contributed by atoms with Crippen LogP contribution in [0.3, 0.4) is 0 Å². The van der Waals surface area contributed by atoms with Crippen LogP contribution in [0.5, 0.6) is 0 Å². The van der Waals surface area contributed by atoms with Crippen LogP contribution >= 0.6 is 11.6 Å². The van der Waals surface area contributed by atoms with Gasteiger partial charge in [0.05, 0.1) is 11.4 Å². The highest BCUT2D eigenvalue weighted by Gasteiger charge is 2.31. The number of anilines is 1. The first-order valence-corrected chi connectivity index (χ1v) is 15.7. The molecule has 0 radical (unpaired) electrons. The Morgan fingerprint density at radius 3 is 2.50 bits per heavy atom. The van der Waals surface area contributed by atoms with Crippen molar-refractivity contribution in [2.24, 2.45) is 0 Å². The van der Waals surface area contributed by atoms with E-state index in [1.54, 1.807) is 41.3 Å². The van der Waals surface area contributed by atoms with Gasteiger partial charge in [0.15, 0.2) is 0 Å². The van der Waals surface area contributed by atoms with Gasteiger partial charge in [0.25, 0.3) is 0 Å². The summed E-state index contributed by atoms with van der Waals surface area (Å²) in [6, 6.07) is 20.0. The first-order chi connectivity index (χ1) is 19.3. The molecular weight excluding hydrogens is 548 g/mol. The number of amides is 2. The molecule has 2 aliphatic rings. The highest BCUT2D eigenvalue weighted by atomic mass is 35.5. The smallest absolute Gasteiger partial charge is 0.242 e. The SMILES string of the molecule is O=C1CC[C@H](NS(=O)(=O)c2ccc3cc(Cl)ccc3c2)CCCN1CC(=O)N1CCC[C@H]1CNc1ccccc1. The molecule has 2 fully saturated rings. The number of nitrogens with zero attached hydrogens (tertiary/aromatic N) is 2. The summed E-state index contributed by atoms with van der Waals surface area (Å²) < 4.78 is 29.1. The second-order valence-corrected chi connectivity index (χ2v) is 12.7. The molecule has 8 nitrogen and oxygen atoms in total. The Bertz CT molecular complexity index is 1470. The van der Waals surface area contributed by atoms with Crippen molar-refractivity contribution in [1.29, 1.82) is 0 Å². The second kappa shape index (κ2) is 12.6. The van der Waals surface area contributed by atoms with Gasteiger partial charge in [-0.05, 0) is 79.3 Å². The molecule has 2 atom stereocenters. The van der Waals surface area contributed by atoms with Crippen molar-refractivity contribution in [3.63, 3.8) is 0 Å². The lowest BCUT2D eigenvalue weighted by atomic mass is 10.0. The molecule has 0 aromatic heterocycles. The summed E-state index contributed by atoms with van der Waals surface area (Å²) in [4.78, 5) is 29.9. The number of sulfonamides is 1. The number of carbonyl (C=O) groups is 2. The van der Waals surface area contributed by atoms with E-state index >= 15 is 0 Å². The molecule has 0 spiro atoms. The Hall–Kier alpha value is -3.14. The van der Waals surface area contributed by atoms with E-state index < -0.39 is 10.0 Å². The Balaban J connectivity index is 1.14. The lowest BCUT2D eigenvalue weighted by Crippen LogP contribution is -2.47. The summed E-state index contributed by atoms with van der Waals surface area (Å²) in [7, 11) is -3.76. The predicted molar refractivity (Wildman–Crippen MR) is 158 cm³/mol. The highest BCUT2D eigenvalue weighted by Crippen LogP contribution is 2.24. The quantitative estimate of drug-likeness (QED) is 0.403. The molecule has 3 aromatic rings. The van der Waals surface area contributed by atoms with E-state index in [2.05, 4.69) is 10.0 Å². The first-order valence-electron chi connectivity index (χ1n) is 13.9. The van der Waals surface area contributed by atoms with E-state index in [1.165, 1.54) is 0 Å². The summed E-state index contributed by atoms with van der Waals surface area (Å²) in [5.41, 5.74) is 1.02. The van der Waals surface area contributed by atoms with Gasteiger partial charge in [-0.15, -0.1) is 0 Å². The molecule has 3 aromatic carbocycles. The molecule has 2 amide bonds. The van der Waals surface area contributed by atoms with Gasteiger partial charge in [0, 0.05) is 48.8 Å². The largest absolute Gasteiger partial charge is 0.383 e. The standard InChI is InChI=1S/C30H35ClN4O4S/c31-24-12-10-23-19-28(14-11-22(23)18-24)40(38,39)33-26-8-4-16-34(29(36)15-13-26)21-30(37)35-17-5-9-27(35)20-32-25-6-2-1-3-7-25/h1-3,6-7,10-12,14,18-19,26-27,32-33H,4-5,8-9,13,15-17,20-21H2/t26-,27+/m1/s1. The minimum Gasteiger partial charge on any atom is -0.383 e. The summed E-state index contributed by atoms with van der Waals surface area (Å²) >= 11 is 6.04. The van der Waals surface area contributed by atoms with Crippen molar-refractivity contribution in [1.82, 2.24) is 14.5 Å². The molecule has 5 rings (SSSR count). The van der Waals surface area contributed by atoms with Gasteiger partial charge in [-0.25, -0.2) is 13.1 Å². The number of halogens is 1. The van der Waals surface area contributed by atoms with Gasteiger partial charge in [0.2, 0.25) is 21.8 Å². The van der Waals surface area contributed by atoms with Crippen LogP contribution in [0.4, 0.5) is 5.69 Å². The average Bonchev–Trinajstić information content (AvgIpc) is 3.42. The monoisotopic (exact) mass is 582 g/mol. The van der Waals surface area contributed by atoms with Crippen LogP contribution in [-0.2, 0) is 19.6 Å². The van der Waals surface area contributed by atoms with Gasteiger partial charge in [-0.1, -0.05) is 41.9 Å². The molecule has 2 N–H and O–H groups in total. The number of nitrogens with one attached hydrogen (secondary N) is 2. The third-order valence-corrected chi connectivity index (χ3v) is 9.54. The molecule has 0 bridgehead atoms. The van der Waals surface area contributed by atoms with Gasteiger partial charge >= 0.3 is 0 Å². The molecule has 212 valence electrons. The van der Waals surface area contributed by atoms with Gasteiger partial charge in [-0.3, -0.25) is 9.59 Å².